The van der Waals surface area contributed by atoms with Crippen molar-refractivity contribution in [2.45, 2.75) is 6.54 Å². The second kappa shape index (κ2) is 4.10. The highest BCUT2D eigenvalue weighted by Crippen LogP contribution is 2.16. The van der Waals surface area contributed by atoms with Crippen LogP contribution < -0.4 is 5.73 Å². The lowest BCUT2D eigenvalue weighted by atomic mass is 10.1. The lowest BCUT2D eigenvalue weighted by Gasteiger charge is -2.01. The van der Waals surface area contributed by atoms with Gasteiger partial charge in [-0.3, -0.25) is 0 Å². The summed E-state index contributed by atoms with van der Waals surface area (Å²) in [6.45, 7) is 0.218. The molecule has 5 heteroatoms. The van der Waals surface area contributed by atoms with Crippen LogP contribution in [0.15, 0.2) is 30.5 Å². The van der Waals surface area contributed by atoms with Gasteiger partial charge in [0.15, 0.2) is 5.82 Å². The SMILES string of the molecule is NCc1nncc(-c2cccc(F)c2)n1. The summed E-state index contributed by atoms with van der Waals surface area (Å²) in [6.07, 6.45) is 1.48. The first-order valence-electron chi connectivity index (χ1n) is 4.44. The summed E-state index contributed by atoms with van der Waals surface area (Å²) in [6, 6.07) is 6.15. The molecule has 2 aromatic rings. The van der Waals surface area contributed by atoms with Crippen LogP contribution >= 0.6 is 0 Å². The molecule has 0 unspecified atom stereocenters. The first-order chi connectivity index (χ1) is 7.29. The first kappa shape index (κ1) is 9.67. The van der Waals surface area contributed by atoms with Crippen molar-refractivity contribution in [2.75, 3.05) is 0 Å². The third-order valence-corrected chi connectivity index (χ3v) is 1.91. The monoisotopic (exact) mass is 204 g/mol. The Labute approximate surface area is 86.0 Å². The van der Waals surface area contributed by atoms with E-state index in [4.69, 9.17) is 5.73 Å². The van der Waals surface area contributed by atoms with E-state index < -0.39 is 0 Å². The normalized spacial score (nSPS) is 10.3. The molecule has 1 aromatic heterocycles. The van der Waals surface area contributed by atoms with Crippen LogP contribution in [0.4, 0.5) is 4.39 Å². The van der Waals surface area contributed by atoms with Gasteiger partial charge in [-0.25, -0.2) is 9.37 Å². The van der Waals surface area contributed by atoms with Gasteiger partial charge in [0, 0.05) is 5.56 Å². The van der Waals surface area contributed by atoms with Crippen LogP contribution in [0.25, 0.3) is 11.3 Å². The summed E-state index contributed by atoms with van der Waals surface area (Å²) in [5, 5.41) is 7.47. The van der Waals surface area contributed by atoms with Gasteiger partial charge in [0.05, 0.1) is 18.4 Å². The predicted molar refractivity (Wildman–Crippen MR) is 53.1 cm³/mol. The number of nitrogens with two attached hydrogens (primary N) is 1. The molecule has 0 amide bonds. The van der Waals surface area contributed by atoms with Gasteiger partial charge in [-0.15, -0.1) is 5.10 Å². The van der Waals surface area contributed by atoms with Crippen LogP contribution in [0.5, 0.6) is 0 Å². The standard InChI is InChI=1S/C10H9FN4/c11-8-3-1-2-7(4-8)9-6-13-15-10(5-12)14-9/h1-4,6H,5,12H2. The van der Waals surface area contributed by atoms with Gasteiger partial charge >= 0.3 is 0 Å². The van der Waals surface area contributed by atoms with Crippen molar-refractivity contribution < 1.29 is 4.39 Å². The smallest absolute Gasteiger partial charge is 0.165 e. The number of nitrogens with zero attached hydrogens (tertiary/aromatic N) is 3. The molecule has 0 saturated carbocycles. The fraction of sp³-hybridized carbons (Fsp3) is 0.100. The van der Waals surface area contributed by atoms with Crippen molar-refractivity contribution in [2.24, 2.45) is 5.73 Å². The maximum Gasteiger partial charge on any atom is 0.165 e. The van der Waals surface area contributed by atoms with Gasteiger partial charge in [-0.05, 0) is 12.1 Å². The van der Waals surface area contributed by atoms with E-state index in [0.717, 1.165) is 0 Å². The van der Waals surface area contributed by atoms with Crippen molar-refractivity contribution in [3.8, 4) is 11.3 Å². The first-order valence-corrected chi connectivity index (χ1v) is 4.44. The average Bonchev–Trinajstić information content (AvgIpc) is 2.29. The van der Waals surface area contributed by atoms with E-state index in [0.29, 0.717) is 17.1 Å². The molecule has 1 aromatic carbocycles. The Morgan fingerprint density at radius 3 is 2.93 bits per heavy atom. The lowest BCUT2D eigenvalue weighted by molar-refractivity contribution is 0.628. The van der Waals surface area contributed by atoms with Crippen molar-refractivity contribution in [3.63, 3.8) is 0 Å². The summed E-state index contributed by atoms with van der Waals surface area (Å²) in [5.41, 5.74) is 6.63. The van der Waals surface area contributed by atoms with Crippen LogP contribution in [-0.2, 0) is 6.54 Å². The van der Waals surface area contributed by atoms with Crippen LogP contribution in [-0.4, -0.2) is 15.2 Å². The number of hydrogen-bond acceptors (Lipinski definition) is 4. The molecule has 0 fully saturated rings. The van der Waals surface area contributed by atoms with Gasteiger partial charge in [0.25, 0.3) is 0 Å². The number of halogens is 1. The molecule has 0 radical (unpaired) electrons. The fourth-order valence-electron chi connectivity index (χ4n) is 1.21. The fourth-order valence-corrected chi connectivity index (χ4v) is 1.21. The number of benzene rings is 1. The van der Waals surface area contributed by atoms with E-state index >= 15 is 0 Å². The maximum atomic E-state index is 12.9. The molecule has 0 aliphatic rings. The number of rotatable bonds is 2. The molecule has 15 heavy (non-hydrogen) atoms. The molecule has 2 rings (SSSR count). The summed E-state index contributed by atoms with van der Waals surface area (Å²) in [4.78, 5) is 4.14. The summed E-state index contributed by atoms with van der Waals surface area (Å²) in [7, 11) is 0. The van der Waals surface area contributed by atoms with E-state index in [-0.39, 0.29) is 12.4 Å². The molecule has 0 aliphatic heterocycles. The largest absolute Gasteiger partial charge is 0.324 e. The molecule has 0 saturated heterocycles. The minimum Gasteiger partial charge on any atom is -0.324 e. The Hall–Kier alpha value is -1.88. The van der Waals surface area contributed by atoms with Gasteiger partial charge in [-0.2, -0.15) is 5.10 Å². The van der Waals surface area contributed by atoms with E-state index in [9.17, 15) is 4.39 Å². The minimum atomic E-state index is -0.305. The number of hydrogen-bond donors (Lipinski definition) is 1. The highest BCUT2D eigenvalue weighted by molar-refractivity contribution is 5.57. The zero-order valence-corrected chi connectivity index (χ0v) is 7.89. The quantitative estimate of drug-likeness (QED) is 0.796. The Kier molecular flexibility index (Phi) is 2.64. The minimum absolute atomic E-state index is 0.218. The van der Waals surface area contributed by atoms with Crippen LogP contribution in [0.2, 0.25) is 0 Å². The lowest BCUT2D eigenvalue weighted by Crippen LogP contribution is -2.05. The topological polar surface area (TPSA) is 64.7 Å². The zero-order chi connectivity index (χ0) is 10.7. The summed E-state index contributed by atoms with van der Waals surface area (Å²) in [5.74, 6) is 0.136. The molecule has 4 nitrogen and oxygen atoms in total. The van der Waals surface area contributed by atoms with Gasteiger partial charge < -0.3 is 5.73 Å². The van der Waals surface area contributed by atoms with Crippen LogP contribution in [0.1, 0.15) is 5.82 Å². The molecular weight excluding hydrogens is 195 g/mol. The summed E-state index contributed by atoms with van der Waals surface area (Å²) >= 11 is 0. The molecule has 1 heterocycles. The second-order valence-corrected chi connectivity index (χ2v) is 2.97. The van der Waals surface area contributed by atoms with E-state index in [1.807, 2.05) is 0 Å². The van der Waals surface area contributed by atoms with Crippen molar-refractivity contribution in [3.05, 3.63) is 42.1 Å². The zero-order valence-electron chi connectivity index (χ0n) is 7.89. The van der Waals surface area contributed by atoms with Crippen LogP contribution in [0, 0.1) is 5.82 Å². The molecule has 0 aliphatic carbocycles. The molecule has 76 valence electrons. The average molecular weight is 204 g/mol. The van der Waals surface area contributed by atoms with E-state index in [1.165, 1.54) is 18.3 Å². The molecule has 2 N–H and O–H groups in total. The molecule has 0 spiro atoms. The Morgan fingerprint density at radius 2 is 2.20 bits per heavy atom. The van der Waals surface area contributed by atoms with E-state index in [1.54, 1.807) is 12.1 Å². The van der Waals surface area contributed by atoms with Gasteiger partial charge in [0.2, 0.25) is 0 Å². The Bertz CT molecular complexity index is 472. The van der Waals surface area contributed by atoms with Crippen molar-refractivity contribution >= 4 is 0 Å². The van der Waals surface area contributed by atoms with Gasteiger partial charge in [-0.1, -0.05) is 12.1 Å². The molecule has 0 atom stereocenters. The molecule has 0 bridgehead atoms. The highest BCUT2D eigenvalue weighted by Gasteiger charge is 2.02. The predicted octanol–water partition coefficient (Wildman–Crippen LogP) is 1.14. The van der Waals surface area contributed by atoms with Gasteiger partial charge in [0.1, 0.15) is 5.82 Å². The molecular formula is C10H9FN4. The maximum absolute atomic E-state index is 12.9. The summed E-state index contributed by atoms with van der Waals surface area (Å²) < 4.78 is 12.9. The van der Waals surface area contributed by atoms with Crippen molar-refractivity contribution in [1.82, 2.24) is 15.2 Å². The van der Waals surface area contributed by atoms with Crippen molar-refractivity contribution in [1.29, 1.82) is 0 Å². The number of aromatic nitrogens is 3. The Balaban J connectivity index is 2.44. The third-order valence-electron chi connectivity index (χ3n) is 1.91. The Morgan fingerprint density at radius 1 is 1.33 bits per heavy atom. The van der Waals surface area contributed by atoms with E-state index in [2.05, 4.69) is 15.2 Å². The highest BCUT2D eigenvalue weighted by atomic mass is 19.1. The second-order valence-electron chi connectivity index (χ2n) is 2.97. The van der Waals surface area contributed by atoms with Crippen LogP contribution in [0.3, 0.4) is 0 Å². The third kappa shape index (κ3) is 2.13.